The maximum absolute atomic E-state index is 12.5. The number of ether oxygens (including phenoxy) is 1. The highest BCUT2D eigenvalue weighted by molar-refractivity contribution is 5.85. The Morgan fingerprint density at radius 3 is 2.25 bits per heavy atom. The zero-order valence-electron chi connectivity index (χ0n) is 12.2. The average Bonchev–Trinajstić information content (AvgIpc) is 2.49. The number of nitrogens with one attached hydrogen (secondary N) is 1. The summed E-state index contributed by atoms with van der Waals surface area (Å²) in [5, 5.41) is 3.45. The van der Waals surface area contributed by atoms with E-state index in [-0.39, 0.29) is 18.3 Å². The quantitative estimate of drug-likeness (QED) is 0.803. The topological polar surface area (TPSA) is 41.6 Å². The monoisotopic (exact) mass is 302 g/mol. The number of nitrogens with zero attached hydrogens (tertiary/aromatic N) is 1. The molecular weight excluding hydrogens is 276 g/mol. The molecule has 0 atom stereocenters. The van der Waals surface area contributed by atoms with E-state index in [1.807, 2.05) is 0 Å². The third-order valence-corrected chi connectivity index (χ3v) is 5.37. The SMILES string of the molecule is Cl.O=C(C1CCOCC1)N1CCC2(CCNCC2)CC1. The van der Waals surface area contributed by atoms with Gasteiger partial charge in [-0.25, -0.2) is 0 Å². The van der Waals surface area contributed by atoms with Gasteiger partial charge < -0.3 is 15.0 Å². The molecule has 0 aliphatic carbocycles. The Morgan fingerprint density at radius 2 is 1.65 bits per heavy atom. The Labute approximate surface area is 128 Å². The number of carbonyl (C=O) groups excluding carboxylic acids is 1. The first kappa shape index (κ1) is 16.1. The van der Waals surface area contributed by atoms with Gasteiger partial charge in [-0.05, 0) is 57.0 Å². The molecule has 3 heterocycles. The van der Waals surface area contributed by atoms with Gasteiger partial charge in [-0.15, -0.1) is 12.4 Å². The van der Waals surface area contributed by atoms with E-state index < -0.39 is 0 Å². The molecule has 0 aromatic carbocycles. The molecule has 3 rings (SSSR count). The van der Waals surface area contributed by atoms with Crippen LogP contribution in [-0.4, -0.2) is 50.2 Å². The van der Waals surface area contributed by atoms with Crippen LogP contribution in [0, 0.1) is 11.3 Å². The number of carbonyl (C=O) groups is 1. The van der Waals surface area contributed by atoms with Crippen LogP contribution >= 0.6 is 12.4 Å². The van der Waals surface area contributed by atoms with Gasteiger partial charge in [-0.3, -0.25) is 4.79 Å². The van der Waals surface area contributed by atoms with E-state index in [4.69, 9.17) is 4.74 Å². The number of rotatable bonds is 1. The Morgan fingerprint density at radius 1 is 1.05 bits per heavy atom. The van der Waals surface area contributed by atoms with Crippen LogP contribution < -0.4 is 5.32 Å². The number of piperidine rings is 2. The minimum atomic E-state index is 0. The molecule has 0 saturated carbocycles. The van der Waals surface area contributed by atoms with Crippen LogP contribution in [0.4, 0.5) is 0 Å². The predicted molar refractivity (Wildman–Crippen MR) is 81.1 cm³/mol. The molecule has 1 N–H and O–H groups in total. The zero-order chi connectivity index (χ0) is 13.1. The number of halogens is 1. The zero-order valence-corrected chi connectivity index (χ0v) is 13.1. The minimum absolute atomic E-state index is 0. The van der Waals surface area contributed by atoms with E-state index in [0.717, 1.165) is 52.2 Å². The summed E-state index contributed by atoms with van der Waals surface area (Å²) >= 11 is 0. The van der Waals surface area contributed by atoms with Crippen molar-refractivity contribution in [3.8, 4) is 0 Å². The lowest BCUT2D eigenvalue weighted by Crippen LogP contribution is -2.49. The molecule has 4 nitrogen and oxygen atoms in total. The van der Waals surface area contributed by atoms with E-state index in [2.05, 4.69) is 10.2 Å². The number of hydrogen-bond donors (Lipinski definition) is 1. The van der Waals surface area contributed by atoms with Gasteiger partial charge in [0.1, 0.15) is 0 Å². The summed E-state index contributed by atoms with van der Waals surface area (Å²) in [6.07, 6.45) is 6.86. The molecule has 3 aliphatic heterocycles. The van der Waals surface area contributed by atoms with Crippen molar-refractivity contribution in [1.29, 1.82) is 0 Å². The molecule has 0 aromatic rings. The van der Waals surface area contributed by atoms with Crippen molar-refractivity contribution in [1.82, 2.24) is 10.2 Å². The van der Waals surface area contributed by atoms with E-state index in [0.29, 0.717) is 11.3 Å². The van der Waals surface area contributed by atoms with E-state index in [9.17, 15) is 4.79 Å². The Balaban J connectivity index is 0.00000147. The standard InChI is InChI=1S/C15H26N2O2.ClH/c18-14(13-1-11-19-12-2-13)17-9-5-15(6-10-17)3-7-16-8-4-15;/h13,16H,1-12H2;1H. The van der Waals surface area contributed by atoms with Crippen LogP contribution in [0.1, 0.15) is 38.5 Å². The number of likely N-dealkylation sites (tertiary alicyclic amines) is 1. The first-order valence-corrected chi connectivity index (χ1v) is 7.86. The van der Waals surface area contributed by atoms with E-state index in [1.165, 1.54) is 25.7 Å². The summed E-state index contributed by atoms with van der Waals surface area (Å²) < 4.78 is 5.35. The summed E-state index contributed by atoms with van der Waals surface area (Å²) in [6, 6.07) is 0. The lowest BCUT2D eigenvalue weighted by Gasteiger charge is -2.45. The maximum atomic E-state index is 12.5. The Hall–Kier alpha value is -0.320. The van der Waals surface area contributed by atoms with Crippen molar-refractivity contribution in [2.75, 3.05) is 39.4 Å². The van der Waals surface area contributed by atoms with Crippen LogP contribution in [0.25, 0.3) is 0 Å². The third-order valence-electron chi connectivity index (χ3n) is 5.37. The van der Waals surface area contributed by atoms with Crippen LogP contribution in [0.3, 0.4) is 0 Å². The van der Waals surface area contributed by atoms with Gasteiger partial charge in [0.05, 0.1) is 0 Å². The minimum Gasteiger partial charge on any atom is -0.381 e. The highest BCUT2D eigenvalue weighted by atomic mass is 35.5. The van der Waals surface area contributed by atoms with Gasteiger partial charge in [0.2, 0.25) is 5.91 Å². The van der Waals surface area contributed by atoms with Gasteiger partial charge in [-0.2, -0.15) is 0 Å². The van der Waals surface area contributed by atoms with Crippen molar-refractivity contribution in [2.24, 2.45) is 11.3 Å². The molecule has 116 valence electrons. The molecule has 1 spiro atoms. The van der Waals surface area contributed by atoms with Gasteiger partial charge in [0.25, 0.3) is 0 Å². The smallest absolute Gasteiger partial charge is 0.225 e. The molecule has 0 bridgehead atoms. The summed E-state index contributed by atoms with van der Waals surface area (Å²) in [6.45, 7) is 5.81. The van der Waals surface area contributed by atoms with Gasteiger partial charge >= 0.3 is 0 Å². The molecule has 0 radical (unpaired) electrons. The fourth-order valence-electron chi connectivity index (χ4n) is 3.86. The van der Waals surface area contributed by atoms with Crippen LogP contribution in [0.5, 0.6) is 0 Å². The lowest BCUT2D eigenvalue weighted by atomic mass is 9.71. The first-order valence-electron chi connectivity index (χ1n) is 7.86. The molecular formula is C15H27ClN2O2. The largest absolute Gasteiger partial charge is 0.381 e. The van der Waals surface area contributed by atoms with Crippen molar-refractivity contribution >= 4 is 18.3 Å². The van der Waals surface area contributed by atoms with Crippen LogP contribution in [0.2, 0.25) is 0 Å². The maximum Gasteiger partial charge on any atom is 0.225 e. The van der Waals surface area contributed by atoms with Crippen molar-refractivity contribution in [2.45, 2.75) is 38.5 Å². The highest BCUT2D eigenvalue weighted by Crippen LogP contribution is 2.39. The third kappa shape index (κ3) is 3.46. The van der Waals surface area contributed by atoms with Crippen LogP contribution in [0.15, 0.2) is 0 Å². The predicted octanol–water partition coefficient (Wildman–Crippen LogP) is 1.83. The fourth-order valence-corrected chi connectivity index (χ4v) is 3.86. The number of hydrogen-bond acceptors (Lipinski definition) is 3. The Bertz CT molecular complexity index is 316. The average molecular weight is 303 g/mol. The summed E-state index contributed by atoms with van der Waals surface area (Å²) in [5.74, 6) is 0.628. The molecule has 5 heteroatoms. The molecule has 3 aliphatic rings. The van der Waals surface area contributed by atoms with Crippen molar-refractivity contribution in [3.05, 3.63) is 0 Å². The lowest BCUT2D eigenvalue weighted by molar-refractivity contribution is -0.141. The normalized spacial score (nSPS) is 27.1. The second-order valence-corrected chi connectivity index (χ2v) is 6.46. The van der Waals surface area contributed by atoms with E-state index >= 15 is 0 Å². The fraction of sp³-hybridized carbons (Fsp3) is 0.933. The molecule has 0 unspecified atom stereocenters. The molecule has 1 amide bonds. The summed E-state index contributed by atoms with van der Waals surface area (Å²) in [5.41, 5.74) is 0.539. The van der Waals surface area contributed by atoms with E-state index in [1.54, 1.807) is 0 Å². The highest BCUT2D eigenvalue weighted by Gasteiger charge is 2.38. The van der Waals surface area contributed by atoms with Crippen molar-refractivity contribution in [3.63, 3.8) is 0 Å². The molecule has 0 aromatic heterocycles. The first-order chi connectivity index (χ1) is 9.29. The Kier molecular flexibility index (Phi) is 5.70. The molecule has 20 heavy (non-hydrogen) atoms. The van der Waals surface area contributed by atoms with Crippen molar-refractivity contribution < 1.29 is 9.53 Å². The second-order valence-electron chi connectivity index (χ2n) is 6.46. The van der Waals surface area contributed by atoms with Gasteiger partial charge in [0.15, 0.2) is 0 Å². The molecule has 3 fully saturated rings. The second kappa shape index (κ2) is 7.10. The molecule has 3 saturated heterocycles. The summed E-state index contributed by atoms with van der Waals surface area (Å²) in [4.78, 5) is 14.6. The van der Waals surface area contributed by atoms with Gasteiger partial charge in [-0.1, -0.05) is 0 Å². The summed E-state index contributed by atoms with van der Waals surface area (Å²) in [7, 11) is 0. The van der Waals surface area contributed by atoms with Gasteiger partial charge in [0, 0.05) is 32.2 Å². The van der Waals surface area contributed by atoms with Crippen LogP contribution in [-0.2, 0) is 9.53 Å². The number of amides is 1.